The minimum absolute atomic E-state index is 0.152. The van der Waals surface area contributed by atoms with Gasteiger partial charge in [0.2, 0.25) is 0 Å². The maximum atomic E-state index is 13.5. The number of halogens is 2. The lowest BCUT2D eigenvalue weighted by Gasteiger charge is -2.29. The molecule has 0 saturated carbocycles. The van der Waals surface area contributed by atoms with E-state index in [0.717, 1.165) is 37.7 Å². The van der Waals surface area contributed by atoms with Gasteiger partial charge in [-0.15, -0.1) is 0 Å². The zero-order chi connectivity index (χ0) is 22.5. The van der Waals surface area contributed by atoms with Gasteiger partial charge in [0.1, 0.15) is 10.8 Å². The summed E-state index contributed by atoms with van der Waals surface area (Å²) in [6, 6.07) is 14.1. The van der Waals surface area contributed by atoms with Gasteiger partial charge in [-0.05, 0) is 42.0 Å². The van der Waals surface area contributed by atoms with Crippen molar-refractivity contribution in [1.82, 2.24) is 4.98 Å². The highest BCUT2D eigenvalue weighted by molar-refractivity contribution is 6.36. The van der Waals surface area contributed by atoms with E-state index in [-0.39, 0.29) is 22.9 Å². The van der Waals surface area contributed by atoms with E-state index in [1.165, 1.54) is 18.3 Å². The molecule has 4 N–H and O–H groups in total. The Labute approximate surface area is 190 Å². The number of rotatable bonds is 7. The highest BCUT2D eigenvalue weighted by Crippen LogP contribution is 2.34. The highest BCUT2D eigenvalue weighted by Gasteiger charge is 2.17. The van der Waals surface area contributed by atoms with Crippen LogP contribution < -0.4 is 21.3 Å². The summed E-state index contributed by atoms with van der Waals surface area (Å²) in [5, 5.41) is 6.48. The number of anilines is 4. The van der Waals surface area contributed by atoms with Gasteiger partial charge in [-0.2, -0.15) is 0 Å². The third kappa shape index (κ3) is 5.09. The Hall–Kier alpha value is -3.36. The Morgan fingerprint density at radius 2 is 1.94 bits per heavy atom. The van der Waals surface area contributed by atoms with Crippen molar-refractivity contribution < 1.29 is 13.9 Å². The summed E-state index contributed by atoms with van der Waals surface area (Å²) in [5.74, 6) is -0.636. The quantitative estimate of drug-likeness (QED) is 0.495. The Morgan fingerprint density at radius 3 is 2.62 bits per heavy atom. The van der Waals surface area contributed by atoms with Crippen molar-refractivity contribution in [3.05, 3.63) is 76.7 Å². The molecule has 0 unspecified atom stereocenters. The standard InChI is InChI=1S/C23H23ClFN5O2/c24-20-21(27-13-15-2-1-3-16(25)12-15)19(22(26)31)14-28-23(20)29-17-4-6-18(7-5-17)30-8-10-32-11-9-30/h1-7,12,14H,8-11,13H2,(H2,26,31)(H2,27,28,29). The fourth-order valence-electron chi connectivity index (χ4n) is 3.48. The first-order valence-electron chi connectivity index (χ1n) is 10.2. The molecule has 1 aromatic heterocycles. The van der Waals surface area contributed by atoms with Gasteiger partial charge in [-0.25, -0.2) is 9.37 Å². The van der Waals surface area contributed by atoms with Crippen molar-refractivity contribution in [1.29, 1.82) is 0 Å². The average molecular weight is 456 g/mol. The second kappa shape index (κ2) is 9.84. The Morgan fingerprint density at radius 1 is 1.19 bits per heavy atom. The number of carbonyl (C=O) groups excluding carboxylic acids is 1. The van der Waals surface area contributed by atoms with Crippen molar-refractivity contribution in [3.8, 4) is 0 Å². The summed E-state index contributed by atoms with van der Waals surface area (Å²) in [7, 11) is 0. The van der Waals surface area contributed by atoms with E-state index in [4.69, 9.17) is 22.1 Å². The summed E-state index contributed by atoms with van der Waals surface area (Å²) in [6.45, 7) is 3.41. The monoisotopic (exact) mass is 455 g/mol. The zero-order valence-corrected chi connectivity index (χ0v) is 18.0. The number of pyridine rings is 1. The maximum Gasteiger partial charge on any atom is 0.252 e. The van der Waals surface area contributed by atoms with Crippen LogP contribution in [0.2, 0.25) is 5.02 Å². The molecule has 32 heavy (non-hydrogen) atoms. The number of amides is 1. The van der Waals surface area contributed by atoms with Gasteiger partial charge in [-0.3, -0.25) is 4.79 Å². The number of nitrogens with zero attached hydrogens (tertiary/aromatic N) is 2. The fraction of sp³-hybridized carbons (Fsp3) is 0.217. The van der Waals surface area contributed by atoms with Crippen LogP contribution in [0, 0.1) is 5.82 Å². The molecular formula is C23H23ClFN5O2. The van der Waals surface area contributed by atoms with Crippen molar-refractivity contribution in [2.45, 2.75) is 6.54 Å². The molecule has 0 atom stereocenters. The number of primary amides is 1. The number of benzene rings is 2. The van der Waals surface area contributed by atoms with Crippen LogP contribution in [0.4, 0.5) is 27.3 Å². The van der Waals surface area contributed by atoms with E-state index < -0.39 is 5.91 Å². The SMILES string of the molecule is NC(=O)c1cnc(Nc2ccc(N3CCOCC3)cc2)c(Cl)c1NCc1cccc(F)c1. The van der Waals surface area contributed by atoms with Crippen LogP contribution in [0.5, 0.6) is 0 Å². The molecule has 9 heteroatoms. The predicted molar refractivity (Wildman–Crippen MR) is 124 cm³/mol. The van der Waals surface area contributed by atoms with Crippen LogP contribution in [0.3, 0.4) is 0 Å². The Kier molecular flexibility index (Phi) is 6.72. The zero-order valence-electron chi connectivity index (χ0n) is 17.3. The van der Waals surface area contributed by atoms with E-state index >= 15 is 0 Å². The second-order valence-corrected chi connectivity index (χ2v) is 7.71. The number of hydrogen-bond donors (Lipinski definition) is 3. The molecule has 1 saturated heterocycles. The van der Waals surface area contributed by atoms with E-state index in [2.05, 4.69) is 20.5 Å². The van der Waals surface area contributed by atoms with E-state index in [9.17, 15) is 9.18 Å². The topological polar surface area (TPSA) is 92.5 Å². The fourth-order valence-corrected chi connectivity index (χ4v) is 3.75. The molecule has 1 aliphatic rings. The van der Waals surface area contributed by atoms with E-state index in [1.54, 1.807) is 12.1 Å². The van der Waals surface area contributed by atoms with Gasteiger partial charge >= 0.3 is 0 Å². The molecule has 4 rings (SSSR count). The number of carbonyl (C=O) groups is 1. The first-order chi connectivity index (χ1) is 15.5. The molecule has 0 aliphatic carbocycles. The van der Waals surface area contributed by atoms with Gasteiger partial charge in [0.05, 0.1) is 24.5 Å². The lowest BCUT2D eigenvalue weighted by molar-refractivity contribution is 0.100. The van der Waals surface area contributed by atoms with Gasteiger partial charge in [0, 0.05) is 37.2 Å². The van der Waals surface area contributed by atoms with E-state index in [1.807, 2.05) is 24.3 Å². The normalized spacial score (nSPS) is 13.6. The third-order valence-electron chi connectivity index (χ3n) is 5.15. The molecule has 2 aromatic carbocycles. The van der Waals surface area contributed by atoms with Gasteiger partial charge in [-0.1, -0.05) is 23.7 Å². The number of nitrogens with one attached hydrogen (secondary N) is 2. The minimum Gasteiger partial charge on any atom is -0.379 e. The summed E-state index contributed by atoms with van der Waals surface area (Å²) in [5.41, 5.74) is 8.58. The van der Waals surface area contributed by atoms with Gasteiger partial charge in [0.15, 0.2) is 5.82 Å². The highest BCUT2D eigenvalue weighted by atomic mass is 35.5. The summed E-state index contributed by atoms with van der Waals surface area (Å²) < 4.78 is 18.9. The number of nitrogens with two attached hydrogens (primary N) is 1. The van der Waals surface area contributed by atoms with Crippen molar-refractivity contribution in [3.63, 3.8) is 0 Å². The van der Waals surface area contributed by atoms with Crippen LogP contribution in [0.25, 0.3) is 0 Å². The number of aromatic nitrogens is 1. The van der Waals surface area contributed by atoms with Gasteiger partial charge in [0.25, 0.3) is 5.91 Å². The molecule has 3 aromatic rings. The predicted octanol–water partition coefficient (Wildman–Crippen LogP) is 4.17. The number of hydrogen-bond acceptors (Lipinski definition) is 6. The van der Waals surface area contributed by atoms with Crippen molar-refractivity contribution >= 4 is 40.4 Å². The summed E-state index contributed by atoms with van der Waals surface area (Å²) in [6.07, 6.45) is 1.37. The number of morpholine rings is 1. The average Bonchev–Trinajstić information content (AvgIpc) is 2.80. The van der Waals surface area contributed by atoms with E-state index in [0.29, 0.717) is 17.1 Å². The van der Waals surface area contributed by atoms with Crippen LogP contribution in [0.1, 0.15) is 15.9 Å². The Balaban J connectivity index is 1.53. The molecule has 0 bridgehead atoms. The van der Waals surface area contributed by atoms with Crippen LogP contribution in [-0.4, -0.2) is 37.2 Å². The molecule has 2 heterocycles. The van der Waals surface area contributed by atoms with Crippen LogP contribution in [-0.2, 0) is 11.3 Å². The lowest BCUT2D eigenvalue weighted by atomic mass is 10.1. The molecule has 0 radical (unpaired) electrons. The van der Waals surface area contributed by atoms with Gasteiger partial charge < -0.3 is 26.0 Å². The molecule has 166 valence electrons. The molecule has 1 amide bonds. The van der Waals surface area contributed by atoms with Crippen molar-refractivity contribution in [2.75, 3.05) is 41.8 Å². The minimum atomic E-state index is -0.664. The largest absolute Gasteiger partial charge is 0.379 e. The summed E-state index contributed by atoms with van der Waals surface area (Å²) in [4.78, 5) is 18.4. The Bertz CT molecular complexity index is 1100. The molecular weight excluding hydrogens is 433 g/mol. The second-order valence-electron chi connectivity index (χ2n) is 7.33. The van der Waals surface area contributed by atoms with Crippen LogP contribution >= 0.6 is 11.6 Å². The molecule has 1 aliphatic heterocycles. The molecule has 0 spiro atoms. The molecule has 1 fully saturated rings. The van der Waals surface area contributed by atoms with Crippen molar-refractivity contribution in [2.24, 2.45) is 5.73 Å². The first-order valence-corrected chi connectivity index (χ1v) is 10.6. The van der Waals surface area contributed by atoms with Crippen LogP contribution in [0.15, 0.2) is 54.7 Å². The first kappa shape index (κ1) is 21.9. The number of ether oxygens (including phenoxy) is 1. The lowest BCUT2D eigenvalue weighted by Crippen LogP contribution is -2.36. The summed E-state index contributed by atoms with van der Waals surface area (Å²) >= 11 is 6.57. The molecule has 7 nitrogen and oxygen atoms in total. The third-order valence-corrected chi connectivity index (χ3v) is 5.52. The maximum absolute atomic E-state index is 13.5. The smallest absolute Gasteiger partial charge is 0.252 e.